The van der Waals surface area contributed by atoms with Crippen molar-refractivity contribution in [1.82, 2.24) is 14.4 Å². The second-order valence-corrected chi connectivity index (χ2v) is 8.56. The molecule has 0 amide bonds. The molecule has 0 spiro atoms. The summed E-state index contributed by atoms with van der Waals surface area (Å²) in [6, 6.07) is 15.5. The Labute approximate surface area is 169 Å². The third-order valence-corrected chi connectivity index (χ3v) is 6.45. The van der Waals surface area contributed by atoms with Crippen molar-refractivity contribution in [2.45, 2.75) is 9.79 Å². The Balaban J connectivity index is 1.95. The monoisotopic (exact) mass is 413 g/mol. The summed E-state index contributed by atoms with van der Waals surface area (Å²) in [6.45, 7) is 0. The molecule has 7 heteroatoms. The van der Waals surface area contributed by atoms with Crippen molar-refractivity contribution >= 4 is 39.9 Å². The molecular weight excluding hydrogens is 398 g/mol. The number of thioether (sulfide) groups is 1. The highest BCUT2D eigenvalue weighted by Gasteiger charge is 2.17. The molecule has 2 aromatic carbocycles. The van der Waals surface area contributed by atoms with Crippen LogP contribution in [0.1, 0.15) is 0 Å². The molecule has 0 aliphatic heterocycles. The molecule has 4 rings (SSSR count). The summed E-state index contributed by atoms with van der Waals surface area (Å²) in [5.41, 5.74) is 3.65. The lowest BCUT2D eigenvalue weighted by molar-refractivity contribution is 0.687. The molecule has 0 aliphatic carbocycles. The van der Waals surface area contributed by atoms with Crippen LogP contribution < -0.4 is 0 Å². The fourth-order valence-electron chi connectivity index (χ4n) is 2.98. The van der Waals surface area contributed by atoms with E-state index in [1.54, 1.807) is 24.2 Å². The molecule has 0 fully saturated rings. The van der Waals surface area contributed by atoms with Crippen molar-refractivity contribution in [3.05, 3.63) is 65.9 Å². The number of halogens is 1. The van der Waals surface area contributed by atoms with Gasteiger partial charge in [-0.25, -0.2) is 9.97 Å². The Morgan fingerprint density at radius 1 is 1.11 bits per heavy atom. The summed E-state index contributed by atoms with van der Waals surface area (Å²) in [4.78, 5) is 10.9. The minimum Gasteiger partial charge on any atom is -0.283 e. The van der Waals surface area contributed by atoms with Gasteiger partial charge >= 0.3 is 0 Å². The molecule has 1 unspecified atom stereocenters. The van der Waals surface area contributed by atoms with Crippen LogP contribution in [0.3, 0.4) is 0 Å². The van der Waals surface area contributed by atoms with E-state index in [9.17, 15) is 4.21 Å². The van der Waals surface area contributed by atoms with Gasteiger partial charge in [-0.1, -0.05) is 29.8 Å². The molecule has 0 saturated heterocycles. The predicted octanol–water partition coefficient (Wildman–Crippen LogP) is 5.18. The van der Waals surface area contributed by atoms with Gasteiger partial charge in [0.05, 0.1) is 16.4 Å². The summed E-state index contributed by atoms with van der Waals surface area (Å²) >= 11 is 8.07. The SMILES string of the molecule is CSc1ccc(-c2c(-c3ccc(S(C)=O)cc3)nc3ncccn23)cc1Cl. The standard InChI is InChI=1S/C20H16ClN3OS2/c1-26-17-9-6-14(12-16(17)21)19-18(23-20-22-10-3-11-24(19)20)13-4-7-15(8-5-13)27(2)25/h3-12H,1-2H3. The first-order valence-electron chi connectivity index (χ1n) is 8.19. The molecule has 2 heterocycles. The highest BCUT2D eigenvalue weighted by molar-refractivity contribution is 7.98. The number of hydrogen-bond donors (Lipinski definition) is 0. The van der Waals surface area contributed by atoms with Crippen molar-refractivity contribution in [1.29, 1.82) is 0 Å². The van der Waals surface area contributed by atoms with Gasteiger partial charge < -0.3 is 0 Å². The largest absolute Gasteiger partial charge is 0.283 e. The predicted molar refractivity (Wildman–Crippen MR) is 113 cm³/mol. The number of fused-ring (bicyclic) bond motifs is 1. The summed E-state index contributed by atoms with van der Waals surface area (Å²) in [5, 5.41) is 0.710. The normalized spacial score (nSPS) is 12.4. The zero-order valence-corrected chi connectivity index (χ0v) is 17.1. The zero-order valence-electron chi connectivity index (χ0n) is 14.7. The first-order valence-corrected chi connectivity index (χ1v) is 11.4. The van der Waals surface area contributed by atoms with Crippen molar-refractivity contribution < 1.29 is 4.21 Å². The van der Waals surface area contributed by atoms with Crippen molar-refractivity contribution in [3.63, 3.8) is 0 Å². The van der Waals surface area contributed by atoms with E-state index >= 15 is 0 Å². The van der Waals surface area contributed by atoms with Gasteiger partial charge in [-0.15, -0.1) is 11.8 Å². The van der Waals surface area contributed by atoms with Crippen LogP contribution in [0.5, 0.6) is 0 Å². The van der Waals surface area contributed by atoms with E-state index in [0.29, 0.717) is 10.8 Å². The second kappa shape index (κ2) is 7.46. The van der Waals surface area contributed by atoms with E-state index in [1.165, 1.54) is 0 Å². The van der Waals surface area contributed by atoms with E-state index in [0.717, 1.165) is 32.3 Å². The third-order valence-electron chi connectivity index (χ3n) is 4.29. The van der Waals surface area contributed by atoms with Gasteiger partial charge in [0.15, 0.2) is 0 Å². The second-order valence-electron chi connectivity index (χ2n) is 5.93. The fourth-order valence-corrected chi connectivity index (χ4v) is 4.37. The Morgan fingerprint density at radius 3 is 2.52 bits per heavy atom. The van der Waals surface area contributed by atoms with Crippen LogP contribution >= 0.6 is 23.4 Å². The molecular formula is C20H16ClN3OS2. The third kappa shape index (κ3) is 3.40. The highest BCUT2D eigenvalue weighted by atomic mass is 35.5. The molecule has 0 bridgehead atoms. The van der Waals surface area contributed by atoms with Crippen LogP contribution in [0.15, 0.2) is 70.7 Å². The Bertz CT molecular complexity index is 1160. The molecule has 2 aromatic heterocycles. The maximum atomic E-state index is 11.7. The smallest absolute Gasteiger partial charge is 0.234 e. The molecule has 4 nitrogen and oxygen atoms in total. The van der Waals surface area contributed by atoms with Gasteiger partial charge in [-0.3, -0.25) is 8.61 Å². The lowest BCUT2D eigenvalue weighted by Crippen LogP contribution is -1.91. The molecule has 27 heavy (non-hydrogen) atoms. The average Bonchev–Trinajstić information content (AvgIpc) is 3.07. The zero-order chi connectivity index (χ0) is 19.0. The van der Waals surface area contributed by atoms with Crippen molar-refractivity contribution in [2.24, 2.45) is 0 Å². The van der Waals surface area contributed by atoms with E-state index < -0.39 is 10.8 Å². The van der Waals surface area contributed by atoms with Crippen LogP contribution in [-0.4, -0.2) is 31.1 Å². The number of rotatable bonds is 4. The summed E-state index contributed by atoms with van der Waals surface area (Å²) < 4.78 is 13.6. The summed E-state index contributed by atoms with van der Waals surface area (Å²) in [5.74, 6) is 0.621. The molecule has 0 radical (unpaired) electrons. The lowest BCUT2D eigenvalue weighted by atomic mass is 10.0. The number of hydrogen-bond acceptors (Lipinski definition) is 4. The topological polar surface area (TPSA) is 47.3 Å². The van der Waals surface area contributed by atoms with E-state index in [2.05, 4.69) is 4.98 Å². The van der Waals surface area contributed by atoms with Gasteiger partial charge in [-0.05, 0) is 36.6 Å². The number of aromatic nitrogens is 3. The van der Waals surface area contributed by atoms with E-state index in [1.807, 2.05) is 65.4 Å². The quantitative estimate of drug-likeness (QED) is 0.433. The molecule has 136 valence electrons. The number of imidazole rings is 1. The molecule has 0 saturated carbocycles. The van der Waals surface area contributed by atoms with Crippen LogP contribution in [0.4, 0.5) is 0 Å². The van der Waals surface area contributed by atoms with Crippen molar-refractivity contribution in [3.8, 4) is 22.5 Å². The number of benzene rings is 2. The van der Waals surface area contributed by atoms with Crippen molar-refractivity contribution in [2.75, 3.05) is 12.5 Å². The van der Waals surface area contributed by atoms with Crippen LogP contribution in [-0.2, 0) is 10.8 Å². The maximum absolute atomic E-state index is 11.7. The first kappa shape index (κ1) is 18.2. The summed E-state index contributed by atoms with van der Waals surface area (Å²) in [6.07, 6.45) is 7.34. The van der Waals surface area contributed by atoms with Gasteiger partial charge in [0, 0.05) is 50.4 Å². The van der Waals surface area contributed by atoms with Crippen LogP contribution in [0.25, 0.3) is 28.3 Å². The fraction of sp³-hybridized carbons (Fsp3) is 0.100. The van der Waals surface area contributed by atoms with E-state index in [-0.39, 0.29) is 0 Å². The van der Waals surface area contributed by atoms with Gasteiger partial charge in [0.25, 0.3) is 0 Å². The van der Waals surface area contributed by atoms with Crippen LogP contribution in [0.2, 0.25) is 5.02 Å². The maximum Gasteiger partial charge on any atom is 0.234 e. The average molecular weight is 414 g/mol. The van der Waals surface area contributed by atoms with Gasteiger partial charge in [0.2, 0.25) is 5.78 Å². The Morgan fingerprint density at radius 2 is 1.85 bits per heavy atom. The number of nitrogens with zero attached hydrogens (tertiary/aromatic N) is 3. The molecule has 0 aliphatic rings. The highest BCUT2D eigenvalue weighted by Crippen LogP contribution is 2.36. The lowest BCUT2D eigenvalue weighted by Gasteiger charge is -2.08. The Hall–Kier alpha value is -2.15. The van der Waals surface area contributed by atoms with E-state index in [4.69, 9.17) is 16.6 Å². The van der Waals surface area contributed by atoms with Gasteiger partial charge in [0.1, 0.15) is 0 Å². The first-order chi connectivity index (χ1) is 13.1. The Kier molecular flexibility index (Phi) is 5.04. The molecule has 4 aromatic rings. The van der Waals surface area contributed by atoms with Gasteiger partial charge in [-0.2, -0.15) is 0 Å². The summed E-state index contributed by atoms with van der Waals surface area (Å²) in [7, 11) is -1.01. The van der Waals surface area contributed by atoms with Crippen LogP contribution in [0, 0.1) is 0 Å². The minimum absolute atomic E-state index is 0.621. The molecule has 0 N–H and O–H groups in total. The minimum atomic E-state index is -1.01. The molecule has 1 atom stereocenters.